The summed E-state index contributed by atoms with van der Waals surface area (Å²) in [5, 5.41) is 11.0. The summed E-state index contributed by atoms with van der Waals surface area (Å²) >= 11 is 1.40. The third-order valence-corrected chi connectivity index (χ3v) is 5.24. The number of hydrogen-bond donors (Lipinski definition) is 2. The topological polar surface area (TPSA) is 97.0 Å². The number of anilines is 1. The van der Waals surface area contributed by atoms with E-state index in [1.54, 1.807) is 6.92 Å². The van der Waals surface area contributed by atoms with Gasteiger partial charge in [-0.3, -0.25) is 20.0 Å². The first-order valence-electron chi connectivity index (χ1n) is 8.08. The maximum absolute atomic E-state index is 12.5. The van der Waals surface area contributed by atoms with Gasteiger partial charge in [-0.25, -0.2) is 4.98 Å². The Hall–Kier alpha value is -2.74. The lowest BCUT2D eigenvalue weighted by Gasteiger charge is -2.07. The Morgan fingerprint density at radius 1 is 1.40 bits per heavy atom. The first kappa shape index (κ1) is 15.8. The molecule has 1 aromatic carbocycles. The fourth-order valence-electron chi connectivity index (χ4n) is 3.05. The van der Waals surface area contributed by atoms with Crippen molar-refractivity contribution in [3.63, 3.8) is 0 Å². The van der Waals surface area contributed by atoms with Crippen molar-refractivity contribution in [1.29, 1.82) is 0 Å². The van der Waals surface area contributed by atoms with E-state index in [1.165, 1.54) is 11.3 Å². The van der Waals surface area contributed by atoms with Gasteiger partial charge in [-0.15, -0.1) is 11.3 Å². The quantitative estimate of drug-likeness (QED) is 0.701. The van der Waals surface area contributed by atoms with Crippen LogP contribution in [0.4, 0.5) is 5.13 Å². The van der Waals surface area contributed by atoms with Crippen molar-refractivity contribution >= 4 is 39.2 Å². The van der Waals surface area contributed by atoms with Crippen molar-refractivity contribution < 1.29 is 14.3 Å². The Morgan fingerprint density at radius 3 is 3.08 bits per heavy atom. The lowest BCUT2D eigenvalue weighted by molar-refractivity contribution is -0.145. The van der Waals surface area contributed by atoms with Gasteiger partial charge in [-0.05, 0) is 25.8 Å². The van der Waals surface area contributed by atoms with Gasteiger partial charge >= 0.3 is 5.97 Å². The van der Waals surface area contributed by atoms with Crippen molar-refractivity contribution in [3.8, 4) is 0 Å². The van der Waals surface area contributed by atoms with Crippen molar-refractivity contribution in [2.45, 2.75) is 25.7 Å². The predicted octanol–water partition coefficient (Wildman–Crippen LogP) is 2.86. The van der Waals surface area contributed by atoms with Crippen LogP contribution in [0.1, 0.15) is 40.3 Å². The lowest BCUT2D eigenvalue weighted by Crippen LogP contribution is -2.15. The van der Waals surface area contributed by atoms with Gasteiger partial charge in [0.1, 0.15) is 5.92 Å². The van der Waals surface area contributed by atoms with Crippen LogP contribution in [0, 0.1) is 0 Å². The number of nitrogens with zero attached hydrogens (tertiary/aromatic N) is 2. The van der Waals surface area contributed by atoms with Gasteiger partial charge in [0.05, 0.1) is 17.8 Å². The molecule has 0 fully saturated rings. The summed E-state index contributed by atoms with van der Waals surface area (Å²) in [5.41, 5.74) is 1.86. The first-order valence-corrected chi connectivity index (χ1v) is 8.89. The molecule has 7 nitrogen and oxygen atoms in total. The summed E-state index contributed by atoms with van der Waals surface area (Å²) in [6.45, 7) is 2.14. The van der Waals surface area contributed by atoms with Gasteiger partial charge in [0.15, 0.2) is 10.8 Å². The molecule has 3 aromatic rings. The van der Waals surface area contributed by atoms with Crippen molar-refractivity contribution in [2.24, 2.45) is 0 Å². The number of esters is 1. The number of carbonyl (C=O) groups is 2. The van der Waals surface area contributed by atoms with E-state index in [9.17, 15) is 9.59 Å². The number of nitrogens with one attached hydrogen (secondary N) is 2. The number of ether oxygens (including phenoxy) is 1. The number of aromatic amines is 1. The standard InChI is InChI=1S/C17H16N4O3S/c1-2-24-16(23)10-7-8-12-13(10)18-17(25-12)19-15(22)14-9-5-3-4-6-11(9)20-21-14/h3-6,10H,2,7-8H2,1H3,(H,20,21)(H,18,19,22)/t10-/m1/s1. The summed E-state index contributed by atoms with van der Waals surface area (Å²) in [6, 6.07) is 7.44. The fourth-order valence-corrected chi connectivity index (χ4v) is 4.08. The number of thiazole rings is 1. The van der Waals surface area contributed by atoms with E-state index in [1.807, 2.05) is 24.3 Å². The van der Waals surface area contributed by atoms with Gasteiger partial charge in [-0.1, -0.05) is 18.2 Å². The number of rotatable bonds is 4. The Kier molecular flexibility index (Phi) is 3.96. The number of carbonyl (C=O) groups excluding carboxylic acids is 2. The average Bonchev–Trinajstić information content (AvgIpc) is 3.27. The largest absolute Gasteiger partial charge is 0.465 e. The van der Waals surface area contributed by atoms with Gasteiger partial charge in [-0.2, -0.15) is 5.10 Å². The summed E-state index contributed by atoms with van der Waals surface area (Å²) < 4.78 is 5.10. The maximum atomic E-state index is 12.5. The normalized spacial score (nSPS) is 16.0. The number of amides is 1. The molecule has 0 spiro atoms. The first-order chi connectivity index (χ1) is 12.2. The molecular formula is C17H16N4O3S. The van der Waals surface area contributed by atoms with Crippen LogP contribution in [0.25, 0.3) is 10.9 Å². The number of benzene rings is 1. The van der Waals surface area contributed by atoms with E-state index < -0.39 is 0 Å². The molecule has 8 heteroatoms. The van der Waals surface area contributed by atoms with Gasteiger partial charge < -0.3 is 4.74 Å². The van der Waals surface area contributed by atoms with Crippen molar-refractivity contribution in [2.75, 3.05) is 11.9 Å². The minimum absolute atomic E-state index is 0.247. The van der Waals surface area contributed by atoms with Crippen LogP contribution in [0.3, 0.4) is 0 Å². The highest BCUT2D eigenvalue weighted by Crippen LogP contribution is 2.39. The molecule has 1 amide bonds. The van der Waals surface area contributed by atoms with E-state index >= 15 is 0 Å². The highest BCUT2D eigenvalue weighted by Gasteiger charge is 2.34. The Balaban J connectivity index is 1.55. The molecule has 1 aliphatic rings. The fraction of sp³-hybridized carbons (Fsp3) is 0.294. The molecule has 0 radical (unpaired) electrons. The molecule has 4 rings (SSSR count). The molecule has 2 aromatic heterocycles. The van der Waals surface area contributed by atoms with E-state index in [4.69, 9.17) is 4.74 Å². The maximum Gasteiger partial charge on any atom is 0.315 e. The molecule has 0 bridgehead atoms. The van der Waals surface area contributed by atoms with Crippen LogP contribution in [0.15, 0.2) is 24.3 Å². The SMILES string of the molecule is CCOC(=O)[C@@H]1CCc2sc(NC(=O)c3n[nH]c4ccccc34)nc21. The van der Waals surface area contributed by atoms with Crippen molar-refractivity contribution in [1.82, 2.24) is 15.2 Å². The lowest BCUT2D eigenvalue weighted by atomic mass is 10.1. The van der Waals surface area contributed by atoms with Gasteiger partial charge in [0.2, 0.25) is 0 Å². The third kappa shape index (κ3) is 2.78. The predicted molar refractivity (Wildman–Crippen MR) is 93.9 cm³/mol. The monoisotopic (exact) mass is 356 g/mol. The number of fused-ring (bicyclic) bond motifs is 2. The average molecular weight is 356 g/mol. The van der Waals surface area contributed by atoms with Crippen LogP contribution in [0.2, 0.25) is 0 Å². The summed E-state index contributed by atoms with van der Waals surface area (Å²) in [4.78, 5) is 30.0. The number of aryl methyl sites for hydroxylation is 1. The van der Waals surface area contributed by atoms with Crippen LogP contribution < -0.4 is 5.32 Å². The zero-order chi connectivity index (χ0) is 17.4. The zero-order valence-corrected chi connectivity index (χ0v) is 14.4. The van der Waals surface area contributed by atoms with E-state index in [0.717, 1.165) is 27.9 Å². The molecule has 0 aliphatic heterocycles. The molecule has 0 saturated carbocycles. The smallest absolute Gasteiger partial charge is 0.315 e. The van der Waals surface area contributed by atoms with Crippen LogP contribution >= 0.6 is 11.3 Å². The second-order valence-electron chi connectivity index (χ2n) is 5.74. The molecule has 1 atom stereocenters. The van der Waals surface area contributed by atoms with Crippen LogP contribution in [-0.4, -0.2) is 33.7 Å². The second-order valence-corrected chi connectivity index (χ2v) is 6.83. The highest BCUT2D eigenvalue weighted by molar-refractivity contribution is 7.16. The number of H-pyrrole nitrogens is 1. The summed E-state index contributed by atoms with van der Waals surface area (Å²) in [6.07, 6.45) is 1.49. The Labute approximate surface area is 147 Å². The number of para-hydroxylation sites is 1. The minimum Gasteiger partial charge on any atom is -0.465 e. The third-order valence-electron chi connectivity index (χ3n) is 4.19. The van der Waals surface area contributed by atoms with Crippen molar-refractivity contribution in [3.05, 3.63) is 40.5 Å². The Bertz CT molecular complexity index is 962. The number of hydrogen-bond acceptors (Lipinski definition) is 6. The van der Waals surface area contributed by atoms with Gasteiger partial charge in [0, 0.05) is 10.3 Å². The number of aromatic nitrogens is 3. The van der Waals surface area contributed by atoms with Crippen LogP contribution in [0.5, 0.6) is 0 Å². The molecule has 25 heavy (non-hydrogen) atoms. The highest BCUT2D eigenvalue weighted by atomic mass is 32.1. The van der Waals surface area contributed by atoms with Crippen LogP contribution in [-0.2, 0) is 16.0 Å². The molecule has 1 aliphatic carbocycles. The molecule has 0 saturated heterocycles. The molecule has 128 valence electrons. The second kappa shape index (κ2) is 6.29. The minimum atomic E-state index is -0.330. The zero-order valence-electron chi connectivity index (χ0n) is 13.5. The van der Waals surface area contributed by atoms with E-state index in [-0.39, 0.29) is 17.8 Å². The molecular weight excluding hydrogens is 340 g/mol. The van der Waals surface area contributed by atoms with E-state index in [0.29, 0.717) is 23.9 Å². The Morgan fingerprint density at radius 2 is 2.24 bits per heavy atom. The molecule has 0 unspecified atom stereocenters. The summed E-state index contributed by atoms with van der Waals surface area (Å²) in [7, 11) is 0. The molecule has 2 heterocycles. The molecule has 2 N–H and O–H groups in total. The van der Waals surface area contributed by atoms with E-state index in [2.05, 4.69) is 20.5 Å². The summed E-state index contributed by atoms with van der Waals surface area (Å²) in [5.74, 6) is -0.900. The van der Waals surface area contributed by atoms with Gasteiger partial charge in [0.25, 0.3) is 5.91 Å².